The molecule has 0 aliphatic rings. The van der Waals surface area contributed by atoms with Gasteiger partial charge in [-0.3, -0.25) is 9.59 Å². The van der Waals surface area contributed by atoms with Gasteiger partial charge in [-0.2, -0.15) is 0 Å². The van der Waals surface area contributed by atoms with E-state index in [0.29, 0.717) is 17.1 Å². The van der Waals surface area contributed by atoms with E-state index in [2.05, 4.69) is 17.0 Å². The number of carboxylic acid groups (broad SMARTS) is 1. The molecule has 0 unspecified atom stereocenters. The SMILES string of the molecule is CN(CC(=O)O)C(=O)c1ccc(CN(CCc2ccccc2)c2nc(-c3ccccc3Cl)cs2)cc1. The fraction of sp³-hybridized carbons (Fsp3) is 0.179. The van der Waals surface area contributed by atoms with E-state index in [1.807, 2.05) is 60.0 Å². The van der Waals surface area contributed by atoms with Crippen LogP contribution in [0, 0.1) is 0 Å². The average Bonchev–Trinajstić information content (AvgIpc) is 3.37. The number of hydrogen-bond acceptors (Lipinski definition) is 5. The molecular formula is C28H26ClN3O3S. The lowest BCUT2D eigenvalue weighted by Gasteiger charge is -2.22. The second-order valence-electron chi connectivity index (χ2n) is 8.40. The molecule has 0 saturated carbocycles. The zero-order valence-electron chi connectivity index (χ0n) is 19.8. The predicted molar refractivity (Wildman–Crippen MR) is 145 cm³/mol. The minimum atomic E-state index is -1.05. The maximum Gasteiger partial charge on any atom is 0.323 e. The predicted octanol–water partition coefficient (Wildman–Crippen LogP) is 5.87. The summed E-state index contributed by atoms with van der Waals surface area (Å²) in [5.74, 6) is -1.37. The van der Waals surface area contributed by atoms with Crippen LogP contribution in [0.1, 0.15) is 21.5 Å². The molecule has 184 valence electrons. The number of carbonyl (C=O) groups is 2. The fourth-order valence-corrected chi connectivity index (χ4v) is 4.91. The maximum atomic E-state index is 12.5. The van der Waals surface area contributed by atoms with Gasteiger partial charge in [0, 0.05) is 41.7 Å². The summed E-state index contributed by atoms with van der Waals surface area (Å²) in [5, 5.41) is 12.5. The topological polar surface area (TPSA) is 73.7 Å². The third-order valence-corrected chi connectivity index (χ3v) is 6.95. The quantitative estimate of drug-likeness (QED) is 0.283. The number of carboxylic acids is 1. The van der Waals surface area contributed by atoms with E-state index < -0.39 is 5.97 Å². The Labute approximate surface area is 219 Å². The summed E-state index contributed by atoms with van der Waals surface area (Å²) in [5.41, 5.74) is 4.46. The number of thiazole rings is 1. The van der Waals surface area contributed by atoms with Crippen molar-refractivity contribution in [1.29, 1.82) is 0 Å². The summed E-state index contributed by atoms with van der Waals surface area (Å²) >= 11 is 7.97. The lowest BCUT2D eigenvalue weighted by Crippen LogP contribution is -2.31. The number of aromatic nitrogens is 1. The molecule has 0 spiro atoms. The van der Waals surface area contributed by atoms with Gasteiger partial charge in [0.05, 0.1) is 5.69 Å². The molecule has 0 aliphatic heterocycles. The second kappa shape index (κ2) is 11.8. The van der Waals surface area contributed by atoms with Crippen molar-refractivity contribution in [2.45, 2.75) is 13.0 Å². The summed E-state index contributed by atoms with van der Waals surface area (Å²) in [6.07, 6.45) is 0.860. The van der Waals surface area contributed by atoms with Crippen LogP contribution in [0.2, 0.25) is 5.02 Å². The monoisotopic (exact) mass is 519 g/mol. The standard InChI is InChI=1S/C28H26ClN3O3S/c1-31(18-26(33)34)27(35)22-13-11-21(12-14-22)17-32(16-15-20-7-3-2-4-8-20)28-30-25(19-36-28)23-9-5-6-10-24(23)29/h2-14,19H,15-18H2,1H3,(H,33,34). The number of aliphatic carboxylic acids is 1. The van der Waals surface area contributed by atoms with Crippen LogP contribution in [0.15, 0.2) is 84.2 Å². The van der Waals surface area contributed by atoms with Crippen molar-refractivity contribution in [3.8, 4) is 11.3 Å². The summed E-state index contributed by atoms with van der Waals surface area (Å²) in [7, 11) is 1.48. The van der Waals surface area contributed by atoms with Gasteiger partial charge in [0.25, 0.3) is 5.91 Å². The minimum Gasteiger partial charge on any atom is -0.480 e. The lowest BCUT2D eigenvalue weighted by molar-refractivity contribution is -0.137. The number of carbonyl (C=O) groups excluding carboxylic acids is 1. The highest BCUT2D eigenvalue weighted by Crippen LogP contribution is 2.32. The first-order valence-electron chi connectivity index (χ1n) is 11.5. The Bertz CT molecular complexity index is 1330. The summed E-state index contributed by atoms with van der Waals surface area (Å²) in [6, 6.07) is 25.3. The Morgan fingerprint density at radius 3 is 2.33 bits per heavy atom. The fourth-order valence-electron chi connectivity index (χ4n) is 3.82. The molecule has 4 aromatic rings. The maximum absolute atomic E-state index is 12.5. The van der Waals surface area contributed by atoms with Crippen LogP contribution < -0.4 is 4.90 Å². The molecule has 8 heteroatoms. The Kier molecular flexibility index (Phi) is 8.36. The Morgan fingerprint density at radius 1 is 0.944 bits per heavy atom. The summed E-state index contributed by atoms with van der Waals surface area (Å²) in [6.45, 7) is 1.04. The third kappa shape index (κ3) is 6.50. The molecule has 3 aromatic carbocycles. The van der Waals surface area contributed by atoms with Crippen LogP contribution in [0.25, 0.3) is 11.3 Å². The van der Waals surface area contributed by atoms with Crippen LogP contribution in [-0.2, 0) is 17.8 Å². The van der Waals surface area contributed by atoms with Gasteiger partial charge in [0.15, 0.2) is 5.13 Å². The van der Waals surface area contributed by atoms with Gasteiger partial charge in [-0.25, -0.2) is 4.98 Å². The van der Waals surface area contributed by atoms with Crippen molar-refractivity contribution >= 4 is 39.9 Å². The van der Waals surface area contributed by atoms with Crippen LogP contribution in [-0.4, -0.2) is 47.0 Å². The van der Waals surface area contributed by atoms with Gasteiger partial charge in [0.1, 0.15) is 6.54 Å². The number of hydrogen-bond donors (Lipinski definition) is 1. The second-order valence-corrected chi connectivity index (χ2v) is 9.65. The van der Waals surface area contributed by atoms with Crippen LogP contribution in [0.3, 0.4) is 0 Å². The Hall–Kier alpha value is -3.68. The van der Waals surface area contributed by atoms with Crippen molar-refractivity contribution in [3.63, 3.8) is 0 Å². The van der Waals surface area contributed by atoms with Gasteiger partial charge in [0.2, 0.25) is 0 Å². The molecule has 1 heterocycles. The van der Waals surface area contributed by atoms with Gasteiger partial charge >= 0.3 is 5.97 Å². The molecule has 1 aromatic heterocycles. The molecule has 6 nitrogen and oxygen atoms in total. The van der Waals surface area contributed by atoms with E-state index in [9.17, 15) is 9.59 Å². The molecule has 36 heavy (non-hydrogen) atoms. The number of rotatable bonds is 10. The molecule has 4 rings (SSSR count). The van der Waals surface area contributed by atoms with E-state index in [1.54, 1.807) is 23.5 Å². The zero-order valence-corrected chi connectivity index (χ0v) is 21.4. The number of halogens is 1. The minimum absolute atomic E-state index is 0.325. The smallest absolute Gasteiger partial charge is 0.323 e. The first-order chi connectivity index (χ1) is 17.4. The Balaban J connectivity index is 1.54. The number of anilines is 1. The summed E-state index contributed by atoms with van der Waals surface area (Å²) < 4.78 is 0. The molecule has 0 bridgehead atoms. The van der Waals surface area contributed by atoms with E-state index in [0.717, 1.165) is 34.9 Å². The van der Waals surface area contributed by atoms with Gasteiger partial charge < -0.3 is 14.9 Å². The highest BCUT2D eigenvalue weighted by atomic mass is 35.5. The number of nitrogens with zero attached hydrogens (tertiary/aromatic N) is 3. The number of amides is 1. The molecular weight excluding hydrogens is 494 g/mol. The van der Waals surface area contributed by atoms with Gasteiger partial charge in [-0.1, -0.05) is 72.3 Å². The van der Waals surface area contributed by atoms with Crippen molar-refractivity contribution in [2.24, 2.45) is 0 Å². The number of benzene rings is 3. The van der Waals surface area contributed by atoms with E-state index in [1.165, 1.54) is 17.5 Å². The first-order valence-corrected chi connectivity index (χ1v) is 12.7. The van der Waals surface area contributed by atoms with Crippen molar-refractivity contribution in [2.75, 3.05) is 25.0 Å². The highest BCUT2D eigenvalue weighted by Gasteiger charge is 2.17. The molecule has 0 saturated heterocycles. The van der Waals surface area contributed by atoms with Gasteiger partial charge in [-0.15, -0.1) is 11.3 Å². The van der Waals surface area contributed by atoms with Crippen molar-refractivity contribution in [3.05, 3.63) is 106 Å². The molecule has 0 atom stereocenters. The number of likely N-dealkylation sites (N-methyl/N-ethyl adjacent to an activating group) is 1. The van der Waals surface area contributed by atoms with E-state index in [-0.39, 0.29) is 12.5 Å². The van der Waals surface area contributed by atoms with Crippen molar-refractivity contribution in [1.82, 2.24) is 9.88 Å². The molecule has 1 amide bonds. The van der Waals surface area contributed by atoms with E-state index >= 15 is 0 Å². The zero-order chi connectivity index (χ0) is 25.5. The largest absolute Gasteiger partial charge is 0.480 e. The molecule has 1 N–H and O–H groups in total. The molecule has 0 fully saturated rings. The molecule has 0 aliphatic carbocycles. The highest BCUT2D eigenvalue weighted by molar-refractivity contribution is 7.14. The Morgan fingerprint density at radius 2 is 1.64 bits per heavy atom. The van der Waals surface area contributed by atoms with Gasteiger partial charge in [-0.05, 0) is 35.7 Å². The average molecular weight is 520 g/mol. The third-order valence-electron chi connectivity index (χ3n) is 5.72. The normalized spacial score (nSPS) is 10.7. The van der Waals surface area contributed by atoms with Crippen molar-refractivity contribution < 1.29 is 14.7 Å². The molecule has 0 radical (unpaired) electrons. The van der Waals surface area contributed by atoms with Crippen LogP contribution in [0.4, 0.5) is 5.13 Å². The lowest BCUT2D eigenvalue weighted by atomic mass is 10.1. The first kappa shape index (κ1) is 25.4. The van der Waals surface area contributed by atoms with E-state index in [4.69, 9.17) is 21.7 Å². The van der Waals surface area contributed by atoms with Crippen LogP contribution >= 0.6 is 22.9 Å². The summed E-state index contributed by atoms with van der Waals surface area (Å²) in [4.78, 5) is 31.7. The van der Waals surface area contributed by atoms with Crippen LogP contribution in [0.5, 0.6) is 0 Å².